The first-order chi connectivity index (χ1) is 4.13. The number of rotatable bonds is 0. The highest BCUT2D eigenvalue weighted by atomic mass is 17.2. The topological polar surface area (TPSA) is 18.5 Å². The van der Waals surface area contributed by atoms with Crippen molar-refractivity contribution in [1.82, 2.24) is 0 Å². The molecule has 52 valence electrons. The van der Waals surface area contributed by atoms with Crippen molar-refractivity contribution >= 4 is 6.92 Å². The number of hydrogen-bond donors (Lipinski definition) is 0. The molecule has 1 rings (SSSR count). The molecule has 1 fully saturated rings. The van der Waals surface area contributed by atoms with E-state index in [2.05, 4.69) is 13.8 Å². The maximum atomic E-state index is 4.99. The van der Waals surface area contributed by atoms with Crippen LogP contribution in [-0.4, -0.2) is 13.5 Å². The Labute approximate surface area is 56.6 Å². The summed E-state index contributed by atoms with van der Waals surface area (Å²) in [5.74, 6) is 0. The molecule has 2 nitrogen and oxygen atoms in total. The van der Waals surface area contributed by atoms with E-state index in [1.807, 2.05) is 6.82 Å². The molecule has 0 aromatic carbocycles. The van der Waals surface area contributed by atoms with Crippen LogP contribution in [0, 0.1) is 0 Å². The van der Waals surface area contributed by atoms with Crippen molar-refractivity contribution in [2.45, 2.75) is 32.4 Å². The van der Waals surface area contributed by atoms with E-state index in [-0.39, 0.29) is 12.2 Å². The van der Waals surface area contributed by atoms with Crippen molar-refractivity contribution in [3.05, 3.63) is 0 Å². The Morgan fingerprint density at radius 1 is 1.44 bits per heavy atom. The molecule has 0 spiro atoms. The molecule has 0 unspecified atom stereocenters. The van der Waals surface area contributed by atoms with Crippen LogP contribution >= 0.6 is 0 Å². The lowest BCUT2D eigenvalue weighted by Gasteiger charge is -2.31. The Balaban J connectivity index is 2.49. The molecule has 1 heterocycles. The van der Waals surface area contributed by atoms with Gasteiger partial charge in [-0.3, -0.25) is 4.89 Å². The molecular formula is C6H13BO2. The third-order valence-electron chi connectivity index (χ3n) is 2.14. The summed E-state index contributed by atoms with van der Waals surface area (Å²) in [7, 11) is 0. The SMILES string of the molecule is CB1OOCCC1(C)C. The zero-order valence-electron chi connectivity index (χ0n) is 6.31. The van der Waals surface area contributed by atoms with Crippen LogP contribution in [0.1, 0.15) is 20.3 Å². The van der Waals surface area contributed by atoms with E-state index in [1.165, 1.54) is 0 Å². The second-order valence-electron chi connectivity index (χ2n) is 3.30. The quantitative estimate of drug-likeness (QED) is 0.365. The molecule has 3 heteroatoms. The minimum atomic E-state index is 0.228. The summed E-state index contributed by atoms with van der Waals surface area (Å²) >= 11 is 0. The van der Waals surface area contributed by atoms with Crippen LogP contribution in [0.2, 0.25) is 12.1 Å². The Morgan fingerprint density at radius 3 is 2.44 bits per heavy atom. The normalized spacial score (nSPS) is 26.3. The highest BCUT2D eigenvalue weighted by Gasteiger charge is 2.35. The van der Waals surface area contributed by atoms with Gasteiger partial charge in [-0.1, -0.05) is 20.7 Å². The van der Waals surface area contributed by atoms with Crippen LogP contribution in [-0.2, 0) is 9.69 Å². The van der Waals surface area contributed by atoms with Gasteiger partial charge in [0.1, 0.15) is 0 Å². The first kappa shape index (κ1) is 7.10. The van der Waals surface area contributed by atoms with E-state index in [9.17, 15) is 0 Å². The smallest absolute Gasteiger partial charge is 0.305 e. The van der Waals surface area contributed by atoms with Gasteiger partial charge in [0, 0.05) is 0 Å². The van der Waals surface area contributed by atoms with Gasteiger partial charge in [0.25, 0.3) is 0 Å². The van der Waals surface area contributed by atoms with Crippen molar-refractivity contribution < 1.29 is 9.69 Å². The largest absolute Gasteiger partial charge is 0.342 e. The van der Waals surface area contributed by atoms with Crippen molar-refractivity contribution in [3.63, 3.8) is 0 Å². The summed E-state index contributed by atoms with van der Waals surface area (Å²) in [6.07, 6.45) is 1.09. The van der Waals surface area contributed by atoms with Crippen LogP contribution in [0.5, 0.6) is 0 Å². The average molecular weight is 128 g/mol. The van der Waals surface area contributed by atoms with Gasteiger partial charge >= 0.3 is 6.92 Å². The van der Waals surface area contributed by atoms with E-state index < -0.39 is 0 Å². The zero-order valence-corrected chi connectivity index (χ0v) is 6.31. The van der Waals surface area contributed by atoms with Crippen LogP contribution in [0.3, 0.4) is 0 Å². The molecule has 1 aliphatic rings. The van der Waals surface area contributed by atoms with Gasteiger partial charge in [-0.05, 0) is 11.7 Å². The molecule has 0 saturated carbocycles. The summed E-state index contributed by atoms with van der Waals surface area (Å²) in [6.45, 7) is 7.39. The highest BCUT2D eigenvalue weighted by molar-refractivity contribution is 6.53. The van der Waals surface area contributed by atoms with Crippen molar-refractivity contribution in [2.75, 3.05) is 6.61 Å². The standard InChI is InChI=1S/C6H13BO2/c1-6(2)4-5-8-9-7(6)3/h4-5H2,1-3H3. The molecule has 1 saturated heterocycles. The Hall–Kier alpha value is -0.0151. The third kappa shape index (κ3) is 1.46. The van der Waals surface area contributed by atoms with Crippen LogP contribution < -0.4 is 0 Å². The van der Waals surface area contributed by atoms with Crippen molar-refractivity contribution in [2.24, 2.45) is 0 Å². The van der Waals surface area contributed by atoms with Gasteiger partial charge in [0.2, 0.25) is 0 Å². The minimum absolute atomic E-state index is 0.228. The molecule has 0 aliphatic carbocycles. The Morgan fingerprint density at radius 2 is 2.11 bits per heavy atom. The second-order valence-corrected chi connectivity index (χ2v) is 3.30. The summed E-state index contributed by atoms with van der Waals surface area (Å²) < 4.78 is 0. The Bertz CT molecular complexity index is 103. The first-order valence-electron chi connectivity index (χ1n) is 3.41. The van der Waals surface area contributed by atoms with Gasteiger partial charge in [-0.15, -0.1) is 0 Å². The first-order valence-corrected chi connectivity index (χ1v) is 3.41. The van der Waals surface area contributed by atoms with Crippen LogP contribution in [0.15, 0.2) is 0 Å². The van der Waals surface area contributed by atoms with Gasteiger partial charge in [-0.2, -0.15) is 0 Å². The third-order valence-corrected chi connectivity index (χ3v) is 2.14. The summed E-state index contributed by atoms with van der Waals surface area (Å²) in [5, 5.41) is 0.290. The monoisotopic (exact) mass is 128 g/mol. The Kier molecular flexibility index (Phi) is 1.82. The molecule has 0 atom stereocenters. The van der Waals surface area contributed by atoms with Gasteiger partial charge in [-0.25, -0.2) is 0 Å². The summed E-state index contributed by atoms with van der Waals surface area (Å²) in [5.41, 5.74) is 0. The molecule has 0 N–H and O–H groups in total. The zero-order chi connectivity index (χ0) is 6.91. The molecule has 0 bridgehead atoms. The van der Waals surface area contributed by atoms with E-state index in [0.717, 1.165) is 13.0 Å². The summed E-state index contributed by atoms with van der Waals surface area (Å²) in [6, 6.07) is 0. The molecular weight excluding hydrogens is 115 g/mol. The van der Waals surface area contributed by atoms with Crippen LogP contribution in [0.25, 0.3) is 0 Å². The van der Waals surface area contributed by atoms with Crippen molar-refractivity contribution in [3.8, 4) is 0 Å². The predicted molar refractivity (Wildman–Crippen MR) is 37.3 cm³/mol. The fourth-order valence-corrected chi connectivity index (χ4v) is 0.788. The molecule has 0 radical (unpaired) electrons. The minimum Gasteiger partial charge on any atom is -0.305 e. The molecule has 0 aromatic rings. The van der Waals surface area contributed by atoms with E-state index in [1.54, 1.807) is 0 Å². The lowest BCUT2D eigenvalue weighted by atomic mass is 9.47. The molecule has 9 heavy (non-hydrogen) atoms. The molecule has 0 amide bonds. The molecule has 0 aromatic heterocycles. The maximum absolute atomic E-state index is 4.99. The van der Waals surface area contributed by atoms with E-state index in [0.29, 0.717) is 0 Å². The summed E-state index contributed by atoms with van der Waals surface area (Å²) in [4.78, 5) is 9.81. The lowest BCUT2D eigenvalue weighted by Crippen LogP contribution is -2.34. The van der Waals surface area contributed by atoms with Gasteiger partial charge in [0.05, 0.1) is 6.61 Å². The molecule has 1 aliphatic heterocycles. The van der Waals surface area contributed by atoms with Crippen LogP contribution in [0.4, 0.5) is 0 Å². The fourth-order valence-electron chi connectivity index (χ4n) is 0.788. The van der Waals surface area contributed by atoms with Crippen molar-refractivity contribution in [1.29, 1.82) is 0 Å². The van der Waals surface area contributed by atoms with Gasteiger partial charge in [0.15, 0.2) is 0 Å². The van der Waals surface area contributed by atoms with E-state index >= 15 is 0 Å². The lowest BCUT2D eigenvalue weighted by molar-refractivity contribution is -0.230. The fraction of sp³-hybridized carbons (Fsp3) is 1.00. The maximum Gasteiger partial charge on any atom is 0.342 e. The number of hydrogen-bond acceptors (Lipinski definition) is 2. The predicted octanol–water partition coefficient (Wildman–Crippen LogP) is 1.74. The van der Waals surface area contributed by atoms with Gasteiger partial charge < -0.3 is 4.81 Å². The second kappa shape index (κ2) is 2.31. The average Bonchev–Trinajstić information content (AvgIpc) is 1.77. The van der Waals surface area contributed by atoms with E-state index in [4.69, 9.17) is 9.69 Å². The highest BCUT2D eigenvalue weighted by Crippen LogP contribution is 2.35.